The molecule has 0 fully saturated rings. The number of carboxylic acids is 1. The molecule has 0 aliphatic carbocycles. The third-order valence-corrected chi connectivity index (χ3v) is 4.29. The standard InChI is InChI=1S/C18H14Cl2N2O7/c1-18(2,17(25)26)29-11-5-3-9(4-6-11)15(23)21-16(24)14-12(19)7-10(22(27)28)8-13(14)20/h3-8H,1-2H3,(H,25,26)(H,21,23,24). The molecule has 2 aromatic rings. The smallest absolute Gasteiger partial charge is 0.347 e. The zero-order chi connectivity index (χ0) is 21.9. The molecule has 2 amide bonds. The fourth-order valence-electron chi connectivity index (χ4n) is 2.13. The molecule has 0 saturated heterocycles. The van der Waals surface area contributed by atoms with Crippen LogP contribution >= 0.6 is 23.2 Å². The molecule has 0 atom stereocenters. The first-order valence-corrected chi connectivity index (χ1v) is 8.69. The number of aliphatic carboxylic acids is 1. The highest BCUT2D eigenvalue weighted by atomic mass is 35.5. The summed E-state index contributed by atoms with van der Waals surface area (Å²) in [4.78, 5) is 45.7. The first kappa shape index (κ1) is 22.1. The number of imide groups is 1. The Labute approximate surface area is 174 Å². The lowest BCUT2D eigenvalue weighted by molar-refractivity contribution is -0.384. The van der Waals surface area contributed by atoms with Crippen LogP contribution in [0.25, 0.3) is 0 Å². The van der Waals surface area contributed by atoms with E-state index in [0.29, 0.717) is 0 Å². The van der Waals surface area contributed by atoms with Gasteiger partial charge in [0, 0.05) is 17.7 Å². The molecule has 2 rings (SSSR count). The summed E-state index contributed by atoms with van der Waals surface area (Å²) in [5.74, 6) is -2.68. The van der Waals surface area contributed by atoms with Gasteiger partial charge in [0.1, 0.15) is 5.75 Å². The van der Waals surface area contributed by atoms with Crippen molar-refractivity contribution in [2.24, 2.45) is 0 Å². The fraction of sp³-hybridized carbons (Fsp3) is 0.167. The summed E-state index contributed by atoms with van der Waals surface area (Å²) in [6.07, 6.45) is 0. The van der Waals surface area contributed by atoms with E-state index in [4.69, 9.17) is 33.0 Å². The lowest BCUT2D eigenvalue weighted by atomic mass is 10.1. The van der Waals surface area contributed by atoms with E-state index in [9.17, 15) is 24.5 Å². The van der Waals surface area contributed by atoms with Gasteiger partial charge in [-0.05, 0) is 38.1 Å². The monoisotopic (exact) mass is 440 g/mol. The second-order valence-electron chi connectivity index (χ2n) is 6.27. The number of nitrogens with one attached hydrogen (secondary N) is 1. The molecule has 2 N–H and O–H groups in total. The molecule has 2 aromatic carbocycles. The summed E-state index contributed by atoms with van der Waals surface area (Å²) in [6, 6.07) is 7.29. The zero-order valence-corrected chi connectivity index (χ0v) is 16.6. The Hall–Kier alpha value is -3.17. The molecule has 0 spiro atoms. The predicted molar refractivity (Wildman–Crippen MR) is 104 cm³/mol. The number of amides is 2. The molecular formula is C18H14Cl2N2O7. The van der Waals surface area contributed by atoms with Crippen LogP contribution in [-0.4, -0.2) is 33.4 Å². The number of carbonyl (C=O) groups excluding carboxylic acids is 2. The Balaban J connectivity index is 2.15. The van der Waals surface area contributed by atoms with Crippen LogP contribution in [0.4, 0.5) is 5.69 Å². The van der Waals surface area contributed by atoms with Crippen molar-refractivity contribution >= 4 is 46.7 Å². The number of rotatable bonds is 6. The van der Waals surface area contributed by atoms with Gasteiger partial charge in [0.05, 0.1) is 20.5 Å². The molecule has 0 bridgehead atoms. The Kier molecular flexibility index (Phi) is 6.45. The van der Waals surface area contributed by atoms with Crippen molar-refractivity contribution in [3.05, 3.63) is 67.7 Å². The van der Waals surface area contributed by atoms with Gasteiger partial charge in [0.2, 0.25) is 0 Å². The normalized spacial score (nSPS) is 10.9. The highest BCUT2D eigenvalue weighted by Crippen LogP contribution is 2.30. The van der Waals surface area contributed by atoms with Crippen molar-refractivity contribution < 1.29 is 29.2 Å². The number of non-ortho nitro benzene ring substituents is 1. The minimum absolute atomic E-state index is 0.0768. The zero-order valence-electron chi connectivity index (χ0n) is 15.1. The highest BCUT2D eigenvalue weighted by Gasteiger charge is 2.29. The number of ether oxygens (including phenoxy) is 1. The van der Waals surface area contributed by atoms with Gasteiger partial charge in [-0.2, -0.15) is 0 Å². The molecule has 0 unspecified atom stereocenters. The van der Waals surface area contributed by atoms with Crippen LogP contribution in [0.2, 0.25) is 10.0 Å². The number of nitro groups is 1. The van der Waals surface area contributed by atoms with Gasteiger partial charge in [0.15, 0.2) is 5.60 Å². The molecule has 0 heterocycles. The van der Waals surface area contributed by atoms with Crippen molar-refractivity contribution in [3.63, 3.8) is 0 Å². The SMILES string of the molecule is CC(C)(Oc1ccc(C(=O)NC(=O)c2c(Cl)cc([N+](=O)[O-])cc2Cl)cc1)C(=O)O. The van der Waals surface area contributed by atoms with Crippen molar-refractivity contribution in [2.75, 3.05) is 0 Å². The first-order chi connectivity index (χ1) is 13.4. The van der Waals surface area contributed by atoms with Crippen LogP contribution in [-0.2, 0) is 4.79 Å². The summed E-state index contributed by atoms with van der Waals surface area (Å²) in [5.41, 5.74) is -2.07. The van der Waals surface area contributed by atoms with Crippen molar-refractivity contribution in [1.82, 2.24) is 5.32 Å². The summed E-state index contributed by atoms with van der Waals surface area (Å²) in [6.45, 7) is 2.73. The largest absolute Gasteiger partial charge is 0.478 e. The number of hydrogen-bond acceptors (Lipinski definition) is 6. The molecule has 0 radical (unpaired) electrons. The topological polar surface area (TPSA) is 136 Å². The number of carboxylic acid groups (broad SMARTS) is 1. The summed E-state index contributed by atoms with van der Waals surface area (Å²) in [7, 11) is 0. The maximum atomic E-state index is 12.3. The Morgan fingerprint density at radius 1 is 1.07 bits per heavy atom. The molecule has 9 nitrogen and oxygen atoms in total. The minimum atomic E-state index is -1.47. The highest BCUT2D eigenvalue weighted by molar-refractivity contribution is 6.40. The van der Waals surface area contributed by atoms with E-state index in [1.165, 1.54) is 38.1 Å². The van der Waals surface area contributed by atoms with Crippen LogP contribution in [0.15, 0.2) is 36.4 Å². The van der Waals surface area contributed by atoms with Crippen molar-refractivity contribution in [2.45, 2.75) is 19.4 Å². The van der Waals surface area contributed by atoms with Crippen LogP contribution in [0.5, 0.6) is 5.75 Å². The number of nitrogens with zero attached hydrogens (tertiary/aromatic N) is 1. The van der Waals surface area contributed by atoms with Gasteiger partial charge in [-0.3, -0.25) is 25.0 Å². The molecule has 0 aromatic heterocycles. The average Bonchev–Trinajstić information content (AvgIpc) is 2.61. The molecule has 0 saturated carbocycles. The van der Waals surface area contributed by atoms with Crippen molar-refractivity contribution in [1.29, 1.82) is 0 Å². The maximum absolute atomic E-state index is 12.3. The van der Waals surface area contributed by atoms with Crippen LogP contribution in [0.1, 0.15) is 34.6 Å². The number of nitro benzene ring substituents is 1. The maximum Gasteiger partial charge on any atom is 0.347 e. The second kappa shape index (κ2) is 8.46. The molecule has 29 heavy (non-hydrogen) atoms. The van der Waals surface area contributed by atoms with E-state index in [0.717, 1.165) is 12.1 Å². The predicted octanol–water partition coefficient (Wildman–Crippen LogP) is 3.71. The summed E-state index contributed by atoms with van der Waals surface area (Å²) in [5, 5.41) is 21.4. The number of hydrogen-bond donors (Lipinski definition) is 2. The quantitative estimate of drug-likeness (QED) is 0.396. The third-order valence-electron chi connectivity index (χ3n) is 3.70. The lowest BCUT2D eigenvalue weighted by Crippen LogP contribution is -2.37. The van der Waals surface area contributed by atoms with Crippen molar-refractivity contribution in [3.8, 4) is 5.75 Å². The van der Waals surface area contributed by atoms with Gasteiger partial charge in [-0.15, -0.1) is 0 Å². The van der Waals surface area contributed by atoms with E-state index in [1.54, 1.807) is 0 Å². The van der Waals surface area contributed by atoms with Crippen LogP contribution in [0, 0.1) is 10.1 Å². The van der Waals surface area contributed by atoms with Gasteiger partial charge < -0.3 is 9.84 Å². The minimum Gasteiger partial charge on any atom is -0.478 e. The Morgan fingerprint density at radius 3 is 2.03 bits per heavy atom. The van der Waals surface area contributed by atoms with Gasteiger partial charge in [-0.1, -0.05) is 23.2 Å². The summed E-state index contributed by atoms with van der Waals surface area (Å²) < 4.78 is 5.32. The average molecular weight is 441 g/mol. The van der Waals surface area contributed by atoms with Gasteiger partial charge in [-0.25, -0.2) is 4.79 Å². The Morgan fingerprint density at radius 2 is 1.59 bits per heavy atom. The molecular weight excluding hydrogens is 427 g/mol. The number of halogens is 2. The molecule has 152 valence electrons. The summed E-state index contributed by atoms with van der Waals surface area (Å²) >= 11 is 11.8. The van der Waals surface area contributed by atoms with Crippen LogP contribution < -0.4 is 10.1 Å². The fourth-order valence-corrected chi connectivity index (χ4v) is 2.78. The number of benzene rings is 2. The van der Waals surface area contributed by atoms with E-state index in [-0.39, 0.29) is 26.9 Å². The lowest BCUT2D eigenvalue weighted by Gasteiger charge is -2.21. The molecule has 11 heteroatoms. The second-order valence-corrected chi connectivity index (χ2v) is 7.08. The van der Waals surface area contributed by atoms with E-state index in [2.05, 4.69) is 5.32 Å². The van der Waals surface area contributed by atoms with Crippen LogP contribution in [0.3, 0.4) is 0 Å². The van der Waals surface area contributed by atoms with Gasteiger partial charge >= 0.3 is 5.97 Å². The first-order valence-electron chi connectivity index (χ1n) is 7.94. The molecule has 0 aliphatic heterocycles. The molecule has 0 aliphatic rings. The third kappa shape index (κ3) is 5.21. The van der Waals surface area contributed by atoms with E-state index in [1.807, 2.05) is 0 Å². The number of carbonyl (C=O) groups is 3. The Bertz CT molecular complexity index is 981. The van der Waals surface area contributed by atoms with Gasteiger partial charge in [0.25, 0.3) is 17.5 Å². The van der Waals surface area contributed by atoms with E-state index < -0.39 is 34.0 Å². The van der Waals surface area contributed by atoms with E-state index >= 15 is 0 Å².